The average molecular weight is 841 g/mol. The van der Waals surface area contributed by atoms with Crippen molar-refractivity contribution in [2.24, 2.45) is 5.92 Å². The van der Waals surface area contributed by atoms with E-state index in [0.29, 0.717) is 12.2 Å². The van der Waals surface area contributed by atoms with Crippen LogP contribution in [0.1, 0.15) is 43.7 Å². The molecule has 3 saturated heterocycles. The summed E-state index contributed by atoms with van der Waals surface area (Å²) < 4.78 is 72.4. The summed E-state index contributed by atoms with van der Waals surface area (Å²) in [5, 5.41) is 104. The molecule has 0 aliphatic carbocycles. The number of hydrogen-bond donors (Lipinski definition) is 10. The van der Waals surface area contributed by atoms with Crippen LogP contribution in [-0.4, -0.2) is 189 Å². The predicted molar refractivity (Wildman–Crippen MR) is 188 cm³/mol. The van der Waals surface area contributed by atoms with Crippen LogP contribution in [0.2, 0.25) is 0 Å². The van der Waals surface area contributed by atoms with Crippen molar-refractivity contribution < 1.29 is 103 Å². The van der Waals surface area contributed by atoms with Crippen LogP contribution in [0.15, 0.2) is 18.2 Å². The number of terminal acetylenes is 1. The summed E-state index contributed by atoms with van der Waals surface area (Å²) in [6.07, 6.45) is -23.6. The Morgan fingerprint density at radius 1 is 0.759 bits per heavy atom. The zero-order valence-electron chi connectivity index (χ0n) is 31.6. The Kier molecular flexibility index (Phi) is 18.8. The summed E-state index contributed by atoms with van der Waals surface area (Å²) in [4.78, 5) is 12.4. The molecule has 58 heavy (non-hydrogen) atoms. The van der Waals surface area contributed by atoms with Gasteiger partial charge >= 0.3 is 5.97 Å². The Hall–Kier alpha value is -2.73. The van der Waals surface area contributed by atoms with Gasteiger partial charge in [0.15, 0.2) is 12.6 Å². The maximum Gasteiger partial charge on any atom is 0.306 e. The molecule has 0 radical (unpaired) electrons. The molecule has 0 spiro atoms. The van der Waals surface area contributed by atoms with E-state index in [9.17, 15) is 64.6 Å². The molecule has 16 atom stereocenters. The number of rotatable bonds is 20. The van der Waals surface area contributed by atoms with Crippen molar-refractivity contribution in [3.8, 4) is 18.1 Å². The van der Waals surface area contributed by atoms with Gasteiger partial charge in [0.1, 0.15) is 85.6 Å². The van der Waals surface area contributed by atoms with Gasteiger partial charge in [-0.3, -0.25) is 4.79 Å². The van der Waals surface area contributed by atoms with E-state index in [1.54, 1.807) is 0 Å². The van der Waals surface area contributed by atoms with Crippen LogP contribution in [0.3, 0.4) is 0 Å². The third-order valence-electron chi connectivity index (χ3n) is 9.85. The highest BCUT2D eigenvalue weighted by molar-refractivity contribution is 5.69. The molecule has 3 aliphatic rings. The summed E-state index contributed by atoms with van der Waals surface area (Å²) in [5.41, 5.74) is -0.246. The summed E-state index contributed by atoms with van der Waals surface area (Å²) in [6, 6.07) is 3.75. The van der Waals surface area contributed by atoms with Crippen LogP contribution in [-0.2, 0) is 44.4 Å². The number of alkyl halides is 2. The van der Waals surface area contributed by atoms with Crippen molar-refractivity contribution in [1.29, 1.82) is 0 Å². The first kappa shape index (κ1) is 47.9. The number of ether oxygens (including phenoxy) is 8. The van der Waals surface area contributed by atoms with Crippen molar-refractivity contribution in [3.63, 3.8) is 0 Å². The summed E-state index contributed by atoms with van der Waals surface area (Å²) in [6.45, 7) is 0.110. The van der Waals surface area contributed by atoms with Gasteiger partial charge in [-0.2, -0.15) is 0 Å². The fourth-order valence-corrected chi connectivity index (χ4v) is 6.74. The Bertz CT molecular complexity index is 1450. The highest BCUT2D eigenvalue weighted by Crippen LogP contribution is 2.36. The number of carbonyl (C=O) groups is 1. The fraction of sp³-hybridized carbons (Fsp3) is 0.757. The molecular formula is C37H54F2O19. The number of aliphatic hydroxyl groups excluding tert-OH is 10. The zero-order valence-corrected chi connectivity index (χ0v) is 31.6. The van der Waals surface area contributed by atoms with Gasteiger partial charge in [0.05, 0.1) is 32.0 Å². The molecule has 1 aromatic carbocycles. The van der Waals surface area contributed by atoms with Crippen LogP contribution < -0.4 is 4.74 Å². The lowest BCUT2D eigenvalue weighted by atomic mass is 9.92. The molecule has 4 rings (SSSR count). The summed E-state index contributed by atoms with van der Waals surface area (Å²) in [5.74, 6) is 1.04. The Morgan fingerprint density at radius 3 is 1.86 bits per heavy atom. The van der Waals surface area contributed by atoms with E-state index >= 15 is 0 Å². The molecule has 0 aromatic heterocycles. The van der Waals surface area contributed by atoms with Gasteiger partial charge < -0.3 is 89.0 Å². The first-order chi connectivity index (χ1) is 27.7. The molecule has 0 amide bonds. The second kappa shape index (κ2) is 22.8. The molecule has 0 bridgehead atoms. The lowest BCUT2D eigenvalue weighted by molar-refractivity contribution is -0.376. The van der Waals surface area contributed by atoms with Crippen molar-refractivity contribution in [2.45, 2.75) is 131 Å². The molecule has 330 valence electrons. The SMILES string of the molecule is C#CCC(CC(=O)OCCOCCC)Cc1ccc(O[C@@H]2OC(CO)[C@@H](O[C@H]3OC(CO)[C@H](O[C@H]4OC(CO)[C@@H](O)[C@H](O)C4O)[C@H](O)C3O)[C@H](O)C2O)c(C(F)F)c1. The number of hydrogen-bond acceptors (Lipinski definition) is 19. The highest BCUT2D eigenvalue weighted by atomic mass is 19.3. The molecule has 3 heterocycles. The van der Waals surface area contributed by atoms with Crippen LogP contribution in [0.5, 0.6) is 5.75 Å². The van der Waals surface area contributed by atoms with Gasteiger partial charge in [0, 0.05) is 19.4 Å². The van der Waals surface area contributed by atoms with Gasteiger partial charge in [-0.25, -0.2) is 8.78 Å². The third kappa shape index (κ3) is 12.0. The van der Waals surface area contributed by atoms with Gasteiger partial charge in [0.2, 0.25) is 6.29 Å². The fourth-order valence-electron chi connectivity index (χ4n) is 6.74. The number of aliphatic hydroxyl groups is 10. The zero-order chi connectivity index (χ0) is 42.7. The first-order valence-corrected chi connectivity index (χ1v) is 18.8. The molecular weight excluding hydrogens is 786 g/mol. The van der Waals surface area contributed by atoms with Gasteiger partial charge in [-0.15, -0.1) is 12.3 Å². The first-order valence-electron chi connectivity index (χ1n) is 18.8. The second-order valence-corrected chi connectivity index (χ2v) is 14.1. The molecule has 19 nitrogen and oxygen atoms in total. The molecule has 3 fully saturated rings. The molecule has 0 saturated carbocycles. The van der Waals surface area contributed by atoms with Crippen molar-refractivity contribution in [2.75, 3.05) is 39.6 Å². The van der Waals surface area contributed by atoms with E-state index in [4.69, 9.17) is 44.3 Å². The van der Waals surface area contributed by atoms with E-state index in [1.165, 1.54) is 12.1 Å². The largest absolute Gasteiger partial charge is 0.463 e. The van der Waals surface area contributed by atoms with Crippen molar-refractivity contribution in [3.05, 3.63) is 29.3 Å². The van der Waals surface area contributed by atoms with Crippen LogP contribution in [0, 0.1) is 18.3 Å². The standard InChI is InChI=1S/C37H54F2O19/c1-3-5-17(13-24(43)52-10-9-51-8-4-2)11-18-6-7-20(19(12-18)34(38)39)53-35-30(49)27(46)32(22(15-41)55-35)58-37-31(50)28(47)33(23(16-42)56-37)57-36-29(48)26(45)25(44)21(14-40)54-36/h1,6-7,12,17,21-23,25-37,40-42,44-50H,4-5,8-11,13-16H2,2H3/t17?,21?,22?,23?,25-,26+,27-,28-,29?,30?,31?,32-,33+,35-,36-,37-/m1/s1. The number of halogens is 2. The van der Waals surface area contributed by atoms with E-state index in [0.717, 1.165) is 12.5 Å². The third-order valence-corrected chi connectivity index (χ3v) is 9.85. The smallest absolute Gasteiger partial charge is 0.306 e. The molecule has 7 unspecified atom stereocenters. The number of benzene rings is 1. The lowest BCUT2D eigenvalue weighted by Gasteiger charge is -2.48. The quantitative estimate of drug-likeness (QED) is 0.0355. The van der Waals surface area contributed by atoms with Crippen molar-refractivity contribution >= 4 is 5.97 Å². The molecule has 3 aliphatic heterocycles. The molecule has 1 aromatic rings. The Labute approximate surface area is 332 Å². The Balaban J connectivity index is 1.41. The lowest BCUT2D eigenvalue weighted by Crippen LogP contribution is -2.66. The second-order valence-electron chi connectivity index (χ2n) is 14.1. The Morgan fingerprint density at radius 2 is 1.31 bits per heavy atom. The van der Waals surface area contributed by atoms with Crippen LogP contribution >= 0.6 is 0 Å². The molecule has 21 heteroatoms. The summed E-state index contributed by atoms with van der Waals surface area (Å²) >= 11 is 0. The monoisotopic (exact) mass is 840 g/mol. The minimum atomic E-state index is -3.10. The average Bonchev–Trinajstić information content (AvgIpc) is 3.20. The van der Waals surface area contributed by atoms with E-state index in [2.05, 4.69) is 5.92 Å². The van der Waals surface area contributed by atoms with Crippen LogP contribution in [0.4, 0.5) is 8.78 Å². The van der Waals surface area contributed by atoms with Crippen LogP contribution in [0.25, 0.3) is 0 Å². The van der Waals surface area contributed by atoms with Crippen molar-refractivity contribution in [1.82, 2.24) is 0 Å². The number of carbonyl (C=O) groups excluding carboxylic acids is 1. The minimum Gasteiger partial charge on any atom is -0.463 e. The van der Waals surface area contributed by atoms with Gasteiger partial charge in [-0.1, -0.05) is 13.0 Å². The summed E-state index contributed by atoms with van der Waals surface area (Å²) in [7, 11) is 0. The minimum absolute atomic E-state index is 0.0492. The number of esters is 1. The normalized spacial score (nSPS) is 36.0. The highest BCUT2D eigenvalue weighted by Gasteiger charge is 2.53. The maximum absolute atomic E-state index is 14.4. The van der Waals surface area contributed by atoms with E-state index in [1.807, 2.05) is 6.92 Å². The van der Waals surface area contributed by atoms with E-state index in [-0.39, 0.29) is 32.5 Å². The maximum atomic E-state index is 14.4. The van der Waals surface area contributed by atoms with E-state index < -0.39 is 142 Å². The predicted octanol–water partition coefficient (Wildman–Crippen LogP) is -3.01. The molecule has 10 N–H and O–H groups in total. The van der Waals surface area contributed by atoms with Gasteiger partial charge in [0.25, 0.3) is 6.43 Å². The topological polar surface area (TPSA) is 293 Å². The van der Waals surface area contributed by atoms with Gasteiger partial charge in [-0.05, 0) is 36.5 Å².